The van der Waals surface area contributed by atoms with Gasteiger partial charge >= 0.3 is 0 Å². The van der Waals surface area contributed by atoms with Crippen molar-refractivity contribution in [2.45, 2.75) is 59.3 Å². The summed E-state index contributed by atoms with van der Waals surface area (Å²) in [7, 11) is -4.94. The van der Waals surface area contributed by atoms with Gasteiger partial charge in [0.2, 0.25) is 5.69 Å². The van der Waals surface area contributed by atoms with Crippen LogP contribution >= 0.6 is 0 Å². The van der Waals surface area contributed by atoms with Crippen molar-refractivity contribution in [3.05, 3.63) is 59.4 Å². The Bertz CT molecular complexity index is 685. The van der Waals surface area contributed by atoms with Crippen molar-refractivity contribution in [1.29, 1.82) is 0 Å². The molecule has 0 N–H and O–H groups in total. The maximum atomic E-state index is 8.49. The second kappa shape index (κ2) is 8.03. The van der Waals surface area contributed by atoms with Gasteiger partial charge in [-0.3, -0.25) is 0 Å². The average molecular weight is 382 g/mol. The van der Waals surface area contributed by atoms with Crippen molar-refractivity contribution in [3.63, 3.8) is 0 Å². The average Bonchev–Trinajstić information content (AvgIpc) is 2.43. The van der Waals surface area contributed by atoms with Gasteiger partial charge in [0.05, 0.1) is 0 Å². The molecule has 0 amide bonds. The van der Waals surface area contributed by atoms with Crippen LogP contribution in [-0.4, -0.2) is 0 Å². The van der Waals surface area contributed by atoms with Crippen LogP contribution in [0.2, 0.25) is 0 Å². The highest BCUT2D eigenvalue weighted by molar-refractivity contribution is 5.29. The Morgan fingerprint density at radius 2 is 1.08 bits per heavy atom. The predicted molar refractivity (Wildman–Crippen MR) is 90.1 cm³/mol. The topological polar surface area (TPSA) is 96.1 Å². The van der Waals surface area contributed by atoms with Crippen LogP contribution in [0.3, 0.4) is 0 Å². The largest absolute Gasteiger partial charge is 0.222 e. The molecule has 0 atom stereocenters. The van der Waals surface area contributed by atoms with Gasteiger partial charge in [0.15, 0.2) is 11.4 Å². The second-order valence-electron chi connectivity index (χ2n) is 8.35. The van der Waals surface area contributed by atoms with Gasteiger partial charge in [0, 0.05) is 35.1 Å². The first kappa shape index (κ1) is 22.5. The molecule has 6 heteroatoms. The second-order valence-corrected chi connectivity index (χ2v) is 9.11. The predicted octanol–water partition coefficient (Wildman–Crippen LogP) is 0.111. The summed E-state index contributed by atoms with van der Waals surface area (Å²) in [5.74, 6) is 0. The SMILES string of the molecule is Cc1cc(C(C)(C)C)[n+](-c2ccccc2)c(C(C)(C)C)c1.[O-][Cl+3]([O-])([O-])[O-]. The molecule has 0 saturated carbocycles. The summed E-state index contributed by atoms with van der Waals surface area (Å²) in [5.41, 5.74) is 5.49. The monoisotopic (exact) mass is 381 g/mol. The molecule has 0 saturated heterocycles. The van der Waals surface area contributed by atoms with Crippen LogP contribution in [0.25, 0.3) is 5.69 Å². The Morgan fingerprint density at radius 1 is 0.731 bits per heavy atom. The summed E-state index contributed by atoms with van der Waals surface area (Å²) in [5, 5.41) is 0. The summed E-state index contributed by atoms with van der Waals surface area (Å²) in [6.45, 7) is 15.9. The molecule has 2 rings (SSSR count). The maximum absolute atomic E-state index is 8.49. The van der Waals surface area contributed by atoms with Gasteiger partial charge in [-0.2, -0.15) is 4.57 Å². The van der Waals surface area contributed by atoms with Crippen LogP contribution in [-0.2, 0) is 10.8 Å². The summed E-state index contributed by atoms with van der Waals surface area (Å²) >= 11 is 0. The molecule has 0 unspecified atom stereocenters. The van der Waals surface area contributed by atoms with E-state index in [1.54, 1.807) is 0 Å². The van der Waals surface area contributed by atoms with Gasteiger partial charge in [-0.25, -0.2) is 18.6 Å². The lowest BCUT2D eigenvalue weighted by atomic mass is 9.85. The van der Waals surface area contributed by atoms with E-state index in [1.165, 1.54) is 22.6 Å². The van der Waals surface area contributed by atoms with Gasteiger partial charge < -0.3 is 0 Å². The molecule has 2 aromatic rings. The fourth-order valence-corrected chi connectivity index (χ4v) is 2.69. The van der Waals surface area contributed by atoms with E-state index in [0.29, 0.717) is 0 Å². The van der Waals surface area contributed by atoms with Crippen molar-refractivity contribution < 1.29 is 33.4 Å². The Morgan fingerprint density at radius 3 is 1.38 bits per heavy atom. The highest BCUT2D eigenvalue weighted by Gasteiger charge is 2.34. The van der Waals surface area contributed by atoms with E-state index < -0.39 is 10.2 Å². The summed E-state index contributed by atoms with van der Waals surface area (Å²) < 4.78 is 36.4. The zero-order valence-corrected chi connectivity index (χ0v) is 17.3. The Labute approximate surface area is 158 Å². The number of halogens is 1. The smallest absolute Gasteiger partial charge is 0.211 e. The molecule has 0 fully saturated rings. The van der Waals surface area contributed by atoms with Crippen molar-refractivity contribution in [2.24, 2.45) is 0 Å². The minimum Gasteiger partial charge on any atom is -0.222 e. The zero-order valence-electron chi connectivity index (χ0n) is 16.5. The zero-order chi connectivity index (χ0) is 20.3. The number of hydrogen-bond acceptors (Lipinski definition) is 4. The van der Waals surface area contributed by atoms with Crippen LogP contribution in [0, 0.1) is 17.2 Å². The number of aryl methyl sites for hydroxylation is 1. The molecule has 0 aliphatic rings. The van der Waals surface area contributed by atoms with Crippen LogP contribution < -0.4 is 23.2 Å². The summed E-state index contributed by atoms with van der Waals surface area (Å²) in [6.07, 6.45) is 0. The van der Waals surface area contributed by atoms with E-state index in [0.717, 1.165) is 0 Å². The molecule has 0 aliphatic carbocycles. The molecular weight excluding hydrogens is 354 g/mol. The standard InChI is InChI=1S/C20H28N.ClHO4/c1-15-13-17(19(2,3)4)21(16-11-9-8-10-12-16)18(14-15)20(5,6)7;2-1(3,4)5/h8-14H,1-7H3;(H,2,3,4,5)/q+1;/p-1. The van der Waals surface area contributed by atoms with Gasteiger partial charge in [0.1, 0.15) is 0 Å². The lowest BCUT2D eigenvalue weighted by molar-refractivity contribution is -2.00. The van der Waals surface area contributed by atoms with Crippen molar-refractivity contribution >= 4 is 0 Å². The Hall–Kier alpha value is -1.50. The molecule has 26 heavy (non-hydrogen) atoms. The molecule has 0 aliphatic heterocycles. The van der Waals surface area contributed by atoms with Crippen molar-refractivity contribution in [2.75, 3.05) is 0 Å². The van der Waals surface area contributed by atoms with Crippen LogP contribution in [0.4, 0.5) is 0 Å². The molecule has 0 spiro atoms. The van der Waals surface area contributed by atoms with Crippen LogP contribution in [0.15, 0.2) is 42.5 Å². The first-order valence-corrected chi connectivity index (χ1v) is 9.59. The van der Waals surface area contributed by atoms with Crippen molar-refractivity contribution in [3.8, 4) is 5.69 Å². The number of benzene rings is 1. The lowest BCUT2D eigenvalue weighted by Gasteiger charge is -2.24. The highest BCUT2D eigenvalue weighted by Crippen LogP contribution is 2.27. The molecule has 1 aromatic carbocycles. The molecule has 1 heterocycles. The van der Waals surface area contributed by atoms with Crippen molar-refractivity contribution in [1.82, 2.24) is 0 Å². The number of hydrogen-bond donors (Lipinski definition) is 0. The number of pyridine rings is 1. The molecule has 0 bridgehead atoms. The van der Waals surface area contributed by atoms with Gasteiger partial charge in [-0.05, 0) is 12.5 Å². The normalized spacial score (nSPS) is 12.4. The van der Waals surface area contributed by atoms with Gasteiger partial charge in [0.25, 0.3) is 0 Å². The summed E-state index contributed by atoms with van der Waals surface area (Å²) in [4.78, 5) is 0. The number of nitrogens with zero attached hydrogens (tertiary/aromatic N) is 1. The summed E-state index contributed by atoms with van der Waals surface area (Å²) in [6, 6.07) is 15.3. The van der Waals surface area contributed by atoms with Crippen LogP contribution in [0.5, 0.6) is 0 Å². The van der Waals surface area contributed by atoms with E-state index in [-0.39, 0.29) is 10.8 Å². The third kappa shape index (κ3) is 7.02. The van der Waals surface area contributed by atoms with E-state index >= 15 is 0 Å². The number of aromatic nitrogens is 1. The Kier molecular flexibility index (Phi) is 6.96. The number of rotatable bonds is 1. The minimum atomic E-state index is -4.94. The van der Waals surface area contributed by atoms with Crippen LogP contribution in [0.1, 0.15) is 58.5 Å². The van der Waals surface area contributed by atoms with E-state index in [4.69, 9.17) is 18.6 Å². The Balaban J connectivity index is 0.000000597. The molecule has 1 aromatic heterocycles. The third-order valence-corrected chi connectivity index (χ3v) is 3.76. The minimum absolute atomic E-state index is 0.0991. The van der Waals surface area contributed by atoms with E-state index in [2.05, 4.69) is 95.5 Å². The fraction of sp³-hybridized carbons (Fsp3) is 0.450. The number of para-hydroxylation sites is 1. The molecule has 144 valence electrons. The molecular formula is C20H28ClNO4. The van der Waals surface area contributed by atoms with Gasteiger partial charge in [-0.15, -0.1) is 10.2 Å². The fourth-order valence-electron chi connectivity index (χ4n) is 2.69. The maximum Gasteiger partial charge on any atom is 0.211 e. The first-order valence-electron chi connectivity index (χ1n) is 8.35. The quantitative estimate of drug-likeness (QED) is 0.655. The third-order valence-electron chi connectivity index (χ3n) is 3.76. The van der Waals surface area contributed by atoms with E-state index in [9.17, 15) is 0 Å². The first-order chi connectivity index (χ1) is 11.6. The molecule has 5 nitrogen and oxygen atoms in total. The molecule has 0 radical (unpaired) electrons. The van der Waals surface area contributed by atoms with E-state index in [1.807, 2.05) is 0 Å². The highest BCUT2D eigenvalue weighted by atomic mass is 35.7. The lowest BCUT2D eigenvalue weighted by Crippen LogP contribution is -2.68. The van der Waals surface area contributed by atoms with Gasteiger partial charge in [-0.1, -0.05) is 59.7 Å².